The summed E-state index contributed by atoms with van der Waals surface area (Å²) in [5.74, 6) is 3.51. The Labute approximate surface area is 147 Å². The third-order valence-electron chi connectivity index (χ3n) is 3.20. The predicted octanol–water partition coefficient (Wildman–Crippen LogP) is 1.86. The Morgan fingerprint density at radius 3 is 3.00 bits per heavy atom. The van der Waals surface area contributed by atoms with Gasteiger partial charge >= 0.3 is 0 Å². The lowest BCUT2D eigenvalue weighted by Gasteiger charge is -2.19. The van der Waals surface area contributed by atoms with E-state index in [1.54, 1.807) is 18.0 Å². The number of hydrogen-bond acceptors (Lipinski definition) is 4. The van der Waals surface area contributed by atoms with Crippen LogP contribution in [0.25, 0.3) is 0 Å². The van der Waals surface area contributed by atoms with Crippen LogP contribution in [-0.4, -0.2) is 47.8 Å². The van der Waals surface area contributed by atoms with Crippen LogP contribution < -0.4 is 10.6 Å². The minimum Gasteiger partial charge on any atom is -0.469 e. The van der Waals surface area contributed by atoms with Crippen molar-refractivity contribution < 1.29 is 9.52 Å². The van der Waals surface area contributed by atoms with Crippen molar-refractivity contribution in [2.24, 2.45) is 4.99 Å². The van der Waals surface area contributed by atoms with Crippen molar-refractivity contribution in [2.45, 2.75) is 25.4 Å². The van der Waals surface area contributed by atoms with Crippen molar-refractivity contribution >= 4 is 41.7 Å². The van der Waals surface area contributed by atoms with Crippen LogP contribution in [0.5, 0.6) is 0 Å². The van der Waals surface area contributed by atoms with E-state index in [2.05, 4.69) is 15.6 Å². The molecule has 1 aromatic heterocycles. The molecule has 2 rings (SSSR count). The van der Waals surface area contributed by atoms with Gasteiger partial charge in [-0.05, 0) is 31.2 Å². The van der Waals surface area contributed by atoms with Crippen molar-refractivity contribution in [1.82, 2.24) is 10.6 Å². The maximum absolute atomic E-state index is 10.3. The monoisotopic (exact) mass is 425 g/mol. The van der Waals surface area contributed by atoms with Gasteiger partial charge in [0, 0.05) is 25.3 Å². The molecule has 120 valence electrons. The van der Waals surface area contributed by atoms with E-state index >= 15 is 0 Å². The molecule has 1 fully saturated rings. The lowest BCUT2D eigenvalue weighted by molar-refractivity contribution is 0.0778. The molecule has 0 saturated carbocycles. The molecule has 1 atom stereocenters. The van der Waals surface area contributed by atoms with Gasteiger partial charge in [-0.25, -0.2) is 0 Å². The minimum absolute atomic E-state index is 0. The largest absolute Gasteiger partial charge is 0.469 e. The van der Waals surface area contributed by atoms with Crippen LogP contribution in [0.3, 0.4) is 0 Å². The third kappa shape index (κ3) is 6.48. The first-order valence-corrected chi connectivity index (χ1v) is 8.22. The molecular weight excluding hydrogens is 401 g/mol. The van der Waals surface area contributed by atoms with Gasteiger partial charge in [0.25, 0.3) is 0 Å². The Morgan fingerprint density at radius 2 is 2.38 bits per heavy atom. The fourth-order valence-electron chi connectivity index (χ4n) is 2.05. The molecule has 0 spiro atoms. The Bertz CT molecular complexity index is 420. The summed E-state index contributed by atoms with van der Waals surface area (Å²) < 4.78 is 5.29. The van der Waals surface area contributed by atoms with Crippen molar-refractivity contribution in [2.75, 3.05) is 31.1 Å². The summed E-state index contributed by atoms with van der Waals surface area (Å²) in [6.07, 6.45) is 3.33. The van der Waals surface area contributed by atoms with Crippen molar-refractivity contribution in [1.29, 1.82) is 0 Å². The number of nitrogens with one attached hydrogen (secondary N) is 2. The molecule has 0 bridgehead atoms. The molecule has 1 saturated heterocycles. The molecule has 1 aliphatic rings. The van der Waals surface area contributed by atoms with E-state index in [4.69, 9.17) is 4.42 Å². The zero-order valence-corrected chi connectivity index (χ0v) is 15.4. The van der Waals surface area contributed by atoms with Crippen molar-refractivity contribution in [3.8, 4) is 0 Å². The normalized spacial score (nSPS) is 21.9. The summed E-state index contributed by atoms with van der Waals surface area (Å²) in [5.41, 5.74) is -0.631. The highest BCUT2D eigenvalue weighted by molar-refractivity contribution is 14.0. The van der Waals surface area contributed by atoms with Gasteiger partial charge in [-0.3, -0.25) is 4.99 Å². The average Bonchev–Trinajstić information content (AvgIpc) is 3.08. The molecule has 3 N–H and O–H groups in total. The number of thioether (sulfide) groups is 1. The number of aliphatic imine (C=N–C) groups is 1. The van der Waals surface area contributed by atoms with Crippen LogP contribution in [0.2, 0.25) is 0 Å². The van der Waals surface area contributed by atoms with Gasteiger partial charge in [-0.1, -0.05) is 0 Å². The zero-order valence-electron chi connectivity index (χ0n) is 12.3. The Kier molecular flexibility index (Phi) is 8.50. The maximum Gasteiger partial charge on any atom is 0.191 e. The summed E-state index contributed by atoms with van der Waals surface area (Å²) in [6, 6.07) is 3.85. The summed E-state index contributed by atoms with van der Waals surface area (Å²) in [6.45, 7) is 4.05. The fraction of sp³-hybridized carbons (Fsp3) is 0.643. The second kappa shape index (κ2) is 9.58. The Morgan fingerprint density at radius 1 is 1.52 bits per heavy atom. The highest BCUT2D eigenvalue weighted by atomic mass is 127. The molecule has 1 aliphatic heterocycles. The van der Waals surface area contributed by atoms with Gasteiger partial charge in [0.1, 0.15) is 5.76 Å². The number of rotatable bonds is 6. The van der Waals surface area contributed by atoms with Crippen LogP contribution in [0.1, 0.15) is 19.1 Å². The van der Waals surface area contributed by atoms with Gasteiger partial charge in [0.05, 0.1) is 18.4 Å². The van der Waals surface area contributed by atoms with Gasteiger partial charge in [-0.2, -0.15) is 11.8 Å². The highest BCUT2D eigenvalue weighted by Crippen LogP contribution is 2.27. The first-order chi connectivity index (χ1) is 9.72. The summed E-state index contributed by atoms with van der Waals surface area (Å²) in [5, 5.41) is 16.7. The van der Waals surface area contributed by atoms with E-state index < -0.39 is 5.60 Å². The van der Waals surface area contributed by atoms with Crippen LogP contribution in [-0.2, 0) is 6.42 Å². The third-order valence-corrected chi connectivity index (χ3v) is 4.44. The molecule has 2 heterocycles. The number of guanidine groups is 1. The van der Waals surface area contributed by atoms with E-state index in [0.29, 0.717) is 6.54 Å². The average molecular weight is 425 g/mol. The smallest absolute Gasteiger partial charge is 0.191 e. The summed E-state index contributed by atoms with van der Waals surface area (Å²) in [4.78, 5) is 4.49. The van der Waals surface area contributed by atoms with E-state index in [0.717, 1.165) is 49.2 Å². The maximum atomic E-state index is 10.3. The predicted molar refractivity (Wildman–Crippen MR) is 98.7 cm³/mol. The van der Waals surface area contributed by atoms with E-state index in [1.807, 2.05) is 19.1 Å². The van der Waals surface area contributed by atoms with Crippen LogP contribution >= 0.6 is 35.7 Å². The molecule has 0 aliphatic carbocycles. The second-order valence-corrected chi connectivity index (χ2v) is 6.08. The molecule has 7 heteroatoms. The zero-order chi connectivity index (χ0) is 14.3. The number of aliphatic hydroxyl groups is 1. The van der Waals surface area contributed by atoms with Crippen molar-refractivity contribution in [3.63, 3.8) is 0 Å². The molecule has 21 heavy (non-hydrogen) atoms. The molecule has 1 unspecified atom stereocenters. The lowest BCUT2D eigenvalue weighted by atomic mass is 10.1. The SMILES string of the molecule is CCNC(=NCC1(O)CCSC1)NCCc1ccco1.I. The topological polar surface area (TPSA) is 69.8 Å². The van der Waals surface area contributed by atoms with E-state index in [1.165, 1.54) is 0 Å². The number of hydrogen-bond donors (Lipinski definition) is 3. The number of halogens is 1. The molecular formula is C14H24IN3O2S. The van der Waals surface area contributed by atoms with Gasteiger partial charge in [-0.15, -0.1) is 24.0 Å². The number of nitrogens with zero attached hydrogens (tertiary/aromatic N) is 1. The molecule has 0 aromatic carbocycles. The summed E-state index contributed by atoms with van der Waals surface area (Å²) >= 11 is 1.79. The molecule has 5 nitrogen and oxygen atoms in total. The molecule has 0 radical (unpaired) electrons. The Hall–Kier alpha value is -0.410. The quantitative estimate of drug-likeness (QED) is 0.369. The van der Waals surface area contributed by atoms with Gasteiger partial charge < -0.3 is 20.2 Å². The van der Waals surface area contributed by atoms with Crippen LogP contribution in [0.15, 0.2) is 27.8 Å². The van der Waals surface area contributed by atoms with Crippen LogP contribution in [0.4, 0.5) is 0 Å². The van der Waals surface area contributed by atoms with E-state index in [9.17, 15) is 5.11 Å². The molecule has 1 aromatic rings. The first-order valence-electron chi connectivity index (χ1n) is 7.06. The summed E-state index contributed by atoms with van der Waals surface area (Å²) in [7, 11) is 0. The molecule has 0 amide bonds. The first kappa shape index (κ1) is 18.6. The number of furan rings is 1. The second-order valence-electron chi connectivity index (χ2n) is 4.98. The Balaban J connectivity index is 0.00000220. The highest BCUT2D eigenvalue weighted by Gasteiger charge is 2.31. The van der Waals surface area contributed by atoms with E-state index in [-0.39, 0.29) is 24.0 Å². The standard InChI is InChI=1S/C14H23N3O2S.HI/c1-2-15-13(16-7-5-12-4-3-8-19-12)17-10-14(18)6-9-20-11-14;/h3-4,8,18H,2,5-7,9-11H2,1H3,(H2,15,16,17);1H. The lowest BCUT2D eigenvalue weighted by Crippen LogP contribution is -2.40. The minimum atomic E-state index is -0.631. The van der Waals surface area contributed by atoms with Gasteiger partial charge in [0.2, 0.25) is 0 Å². The van der Waals surface area contributed by atoms with Crippen LogP contribution in [0, 0.1) is 0 Å². The fourth-order valence-corrected chi connectivity index (χ4v) is 3.33. The van der Waals surface area contributed by atoms with Gasteiger partial charge in [0.15, 0.2) is 5.96 Å². The van der Waals surface area contributed by atoms with Crippen molar-refractivity contribution in [3.05, 3.63) is 24.2 Å².